The van der Waals surface area contributed by atoms with Crippen molar-refractivity contribution < 1.29 is 76.6 Å². The van der Waals surface area contributed by atoms with Crippen LogP contribution < -0.4 is 29.6 Å². The Balaban J connectivity index is -0.00000129. The van der Waals surface area contributed by atoms with Crippen molar-refractivity contribution in [1.29, 1.82) is 0 Å². The van der Waals surface area contributed by atoms with Crippen LogP contribution in [0.1, 0.15) is 104 Å². The van der Waals surface area contributed by atoms with E-state index in [0.29, 0.717) is 12.8 Å². The first-order chi connectivity index (χ1) is 16.0. The molecule has 35 heavy (non-hydrogen) atoms. The minimum absolute atomic E-state index is 0. The first-order valence-electron chi connectivity index (χ1n) is 12.1. The molecule has 0 aromatic rings. The summed E-state index contributed by atoms with van der Waals surface area (Å²) in [7, 11) is -4.98. The fraction of sp³-hybridized carbons (Fsp3) is 0.870. The van der Waals surface area contributed by atoms with Crippen LogP contribution in [0.5, 0.6) is 0 Å². The van der Waals surface area contributed by atoms with E-state index in [0.717, 1.165) is 57.8 Å². The Kier molecular flexibility index (Phi) is 27.7. The number of rotatable bonds is 19. The molecule has 0 fully saturated rings. The van der Waals surface area contributed by atoms with Gasteiger partial charge in [-0.3, -0.25) is 9.59 Å². The number of aliphatic hydroxyl groups excluding tert-OH is 1. The van der Waals surface area contributed by atoms with Crippen molar-refractivity contribution in [3.8, 4) is 0 Å². The second-order valence-corrected chi connectivity index (χ2v) is 9.68. The van der Waals surface area contributed by atoms with Gasteiger partial charge in [0.15, 0.2) is 5.25 Å². The monoisotopic (exact) mass is 534 g/mol. The van der Waals surface area contributed by atoms with Crippen LogP contribution in [0, 0.1) is 0 Å². The third-order valence-electron chi connectivity index (χ3n) is 4.82. The summed E-state index contributed by atoms with van der Waals surface area (Å²) in [6.45, 7) is 5.64. The molecule has 0 rings (SSSR count). The Labute approximate surface area is 232 Å². The summed E-state index contributed by atoms with van der Waals surface area (Å²) in [5.41, 5.74) is 0. The molecule has 10 nitrogen and oxygen atoms in total. The molecule has 0 radical (unpaired) electrons. The normalized spacial score (nSPS) is 12.4. The Bertz CT molecular complexity index is 653. The Hall–Kier alpha value is -0.720. The van der Waals surface area contributed by atoms with Crippen molar-refractivity contribution in [2.24, 2.45) is 0 Å². The molecule has 0 aliphatic carbocycles. The number of unbranched alkanes of at least 4 members (excludes halogenated alkanes) is 10. The zero-order valence-electron chi connectivity index (χ0n) is 21.8. The van der Waals surface area contributed by atoms with E-state index in [1.165, 1.54) is 13.3 Å². The van der Waals surface area contributed by atoms with Crippen molar-refractivity contribution in [2.45, 2.75) is 116 Å². The molecule has 0 aromatic heterocycles. The van der Waals surface area contributed by atoms with Gasteiger partial charge in [-0.05, 0) is 19.8 Å². The van der Waals surface area contributed by atoms with E-state index in [-0.39, 0.29) is 42.8 Å². The smallest absolute Gasteiger partial charge is 0.747 e. The summed E-state index contributed by atoms with van der Waals surface area (Å²) in [5, 5.41) is 13.7. The third-order valence-corrected chi connectivity index (χ3v) is 5.88. The van der Waals surface area contributed by atoms with E-state index < -0.39 is 45.8 Å². The predicted molar refractivity (Wildman–Crippen MR) is 126 cm³/mol. The van der Waals surface area contributed by atoms with Crippen molar-refractivity contribution in [1.82, 2.24) is 0 Å². The van der Waals surface area contributed by atoms with E-state index in [2.05, 4.69) is 13.8 Å². The van der Waals surface area contributed by atoms with Gasteiger partial charge < -0.3 is 24.2 Å². The molecule has 202 valence electrons. The fourth-order valence-corrected chi connectivity index (χ4v) is 3.37. The number of esters is 2. The molecule has 12 heteroatoms. The van der Waals surface area contributed by atoms with Crippen molar-refractivity contribution in [3.63, 3.8) is 0 Å². The van der Waals surface area contributed by atoms with Gasteiger partial charge >= 0.3 is 47.5 Å². The summed E-state index contributed by atoms with van der Waals surface area (Å²) in [6, 6.07) is 0. The van der Waals surface area contributed by atoms with Gasteiger partial charge in [0.05, 0.1) is 19.6 Å². The minimum atomic E-state index is -4.98. The maximum absolute atomic E-state index is 11.9. The average molecular weight is 535 g/mol. The van der Waals surface area contributed by atoms with E-state index in [1.54, 1.807) is 0 Å². The molecule has 0 aliphatic heterocycles. The number of carboxylic acids is 1. The second kappa shape index (κ2) is 25.0. The molecule has 0 saturated heterocycles. The number of ether oxygens (including phenoxy) is 2. The number of carboxylic acid groups (broad SMARTS) is 1. The van der Waals surface area contributed by atoms with Crippen LogP contribution in [0.4, 0.5) is 0 Å². The number of carbonyl (C=O) groups excluding carboxylic acids is 2. The molecule has 0 heterocycles. The molecule has 0 saturated carbocycles. The Morgan fingerprint density at radius 3 is 1.54 bits per heavy atom. The van der Waals surface area contributed by atoms with Crippen molar-refractivity contribution >= 4 is 28.0 Å². The van der Waals surface area contributed by atoms with Crippen LogP contribution in [0.15, 0.2) is 0 Å². The second-order valence-electron chi connectivity index (χ2n) is 8.12. The molecule has 0 spiro atoms. The summed E-state index contributed by atoms with van der Waals surface area (Å²) < 4.78 is 43.8. The Morgan fingerprint density at radius 1 is 0.800 bits per heavy atom. The predicted octanol–water partition coefficient (Wildman–Crippen LogP) is 0.554. The molecule has 2 atom stereocenters. The third kappa shape index (κ3) is 26.2. The number of hydrogen-bond acceptors (Lipinski definition) is 9. The van der Waals surface area contributed by atoms with Gasteiger partial charge in [-0.1, -0.05) is 78.1 Å². The molecular formula is C23H43NaO10S. The van der Waals surface area contributed by atoms with Crippen LogP contribution in [-0.4, -0.2) is 65.7 Å². The largest absolute Gasteiger partial charge is 1.00 e. The topological polar surface area (TPSA) is 167 Å². The zero-order chi connectivity index (χ0) is 26.4. The SMILES string of the molecule is CC(O)C(=O)O.CCCCCCCCOC(=O)CC(C(=O)OCCCCCCCC)S(=O)(=O)[O-].[Na+]. The van der Waals surface area contributed by atoms with Crippen LogP contribution in [0.3, 0.4) is 0 Å². The van der Waals surface area contributed by atoms with Crippen LogP contribution in [-0.2, 0) is 34.0 Å². The summed E-state index contributed by atoms with van der Waals surface area (Å²) >= 11 is 0. The number of aliphatic hydroxyl groups is 1. The first kappa shape index (κ1) is 38.8. The van der Waals surface area contributed by atoms with Crippen molar-refractivity contribution in [3.05, 3.63) is 0 Å². The standard InChI is InChI=1S/C20H38O7S.C3H6O3.Na/c1-3-5-7-9-11-13-15-26-19(21)17-18(28(23,24)25)20(22)27-16-14-12-10-8-6-4-2;1-2(4)3(5)6;/h18H,3-17H2,1-2H3,(H,23,24,25);2,4H,1H3,(H,5,6);/q;;+1/p-1. The van der Waals surface area contributed by atoms with E-state index in [9.17, 15) is 27.4 Å². The molecular weight excluding hydrogens is 491 g/mol. The van der Waals surface area contributed by atoms with Gasteiger partial charge in [-0.2, -0.15) is 0 Å². The molecule has 0 aliphatic rings. The summed E-state index contributed by atoms with van der Waals surface area (Å²) in [5.74, 6) is -3.22. The van der Waals surface area contributed by atoms with Gasteiger partial charge in [0, 0.05) is 0 Å². The molecule has 0 aromatic carbocycles. The average Bonchev–Trinajstić information content (AvgIpc) is 2.75. The van der Waals surface area contributed by atoms with Gasteiger partial charge in [0.25, 0.3) is 0 Å². The maximum atomic E-state index is 11.9. The minimum Gasteiger partial charge on any atom is -0.747 e. The van der Waals surface area contributed by atoms with E-state index in [1.807, 2.05) is 0 Å². The molecule has 0 amide bonds. The van der Waals surface area contributed by atoms with Crippen molar-refractivity contribution in [2.75, 3.05) is 13.2 Å². The van der Waals surface area contributed by atoms with Gasteiger partial charge in [-0.25, -0.2) is 13.2 Å². The van der Waals surface area contributed by atoms with Crippen LogP contribution in [0.25, 0.3) is 0 Å². The molecule has 2 unspecified atom stereocenters. The quantitative estimate of drug-likeness (QED) is 0.103. The van der Waals surface area contributed by atoms with E-state index >= 15 is 0 Å². The van der Waals surface area contributed by atoms with E-state index in [4.69, 9.17) is 19.7 Å². The maximum Gasteiger partial charge on any atom is 1.00 e. The molecule has 0 bridgehead atoms. The van der Waals surface area contributed by atoms with Crippen LogP contribution in [0.2, 0.25) is 0 Å². The van der Waals surface area contributed by atoms with Gasteiger partial charge in [-0.15, -0.1) is 0 Å². The number of hydrogen-bond donors (Lipinski definition) is 2. The summed E-state index contributed by atoms with van der Waals surface area (Å²) in [4.78, 5) is 33.2. The summed E-state index contributed by atoms with van der Waals surface area (Å²) in [6.07, 6.45) is 9.92. The van der Waals surface area contributed by atoms with Gasteiger partial charge in [0.2, 0.25) is 0 Å². The van der Waals surface area contributed by atoms with Crippen LogP contribution >= 0.6 is 0 Å². The Morgan fingerprint density at radius 2 is 1.17 bits per heavy atom. The fourth-order valence-electron chi connectivity index (χ4n) is 2.73. The zero-order valence-corrected chi connectivity index (χ0v) is 24.6. The molecule has 2 N–H and O–H groups in total. The number of aliphatic carboxylic acids is 1. The van der Waals surface area contributed by atoms with Gasteiger partial charge in [0.1, 0.15) is 16.2 Å². The first-order valence-corrected chi connectivity index (χ1v) is 13.6. The number of carbonyl (C=O) groups is 3.